The topological polar surface area (TPSA) is 119 Å². The standard InChI is InChI=1S/C23H25N5O2/c1-14(2)30-20-9-15(5-6-19(20)29-4)21-16(10-24)22(27)23(12-25,13-26)18-7-8-28(3)11-17(18)21/h5-7,9,14,17,21H,8,11,27H2,1-4H3/t17-,21+/m0/s1. The smallest absolute Gasteiger partial charge is 0.204 e. The van der Waals surface area contributed by atoms with Crippen LogP contribution < -0.4 is 15.2 Å². The van der Waals surface area contributed by atoms with Crippen molar-refractivity contribution in [3.63, 3.8) is 0 Å². The summed E-state index contributed by atoms with van der Waals surface area (Å²) in [5.41, 5.74) is 6.51. The van der Waals surface area contributed by atoms with Gasteiger partial charge in [0.1, 0.15) is 0 Å². The third-order valence-electron chi connectivity index (χ3n) is 5.74. The van der Waals surface area contributed by atoms with E-state index in [4.69, 9.17) is 15.2 Å². The van der Waals surface area contributed by atoms with Crippen LogP contribution in [0, 0.1) is 45.3 Å². The molecule has 0 aromatic heterocycles. The van der Waals surface area contributed by atoms with E-state index in [2.05, 4.69) is 23.1 Å². The predicted octanol–water partition coefficient (Wildman–Crippen LogP) is 2.84. The van der Waals surface area contributed by atoms with Gasteiger partial charge < -0.3 is 20.1 Å². The minimum atomic E-state index is -1.61. The number of hydrogen-bond acceptors (Lipinski definition) is 7. The molecule has 0 spiro atoms. The van der Waals surface area contributed by atoms with Gasteiger partial charge in [0.25, 0.3) is 0 Å². The molecule has 1 aliphatic heterocycles. The number of fused-ring (bicyclic) bond motifs is 1. The van der Waals surface area contributed by atoms with Gasteiger partial charge in [0.15, 0.2) is 11.5 Å². The van der Waals surface area contributed by atoms with E-state index in [-0.39, 0.29) is 29.2 Å². The summed E-state index contributed by atoms with van der Waals surface area (Å²) < 4.78 is 11.3. The maximum Gasteiger partial charge on any atom is 0.204 e. The quantitative estimate of drug-likeness (QED) is 0.768. The average molecular weight is 403 g/mol. The largest absolute Gasteiger partial charge is 0.493 e. The summed E-state index contributed by atoms with van der Waals surface area (Å²) in [6, 6.07) is 12.0. The second-order valence-corrected chi connectivity index (χ2v) is 7.95. The van der Waals surface area contributed by atoms with Crippen LogP contribution in [0.3, 0.4) is 0 Å². The summed E-state index contributed by atoms with van der Waals surface area (Å²) in [5, 5.41) is 29.8. The molecule has 2 atom stereocenters. The van der Waals surface area contributed by atoms with Crippen molar-refractivity contribution < 1.29 is 9.47 Å². The molecule has 1 heterocycles. The molecule has 3 rings (SSSR count). The number of ether oxygens (including phenoxy) is 2. The van der Waals surface area contributed by atoms with Gasteiger partial charge in [0.05, 0.1) is 42.7 Å². The van der Waals surface area contributed by atoms with Gasteiger partial charge in [-0.05, 0) is 44.2 Å². The molecule has 0 bridgehead atoms. The number of rotatable bonds is 4. The molecule has 2 N–H and O–H groups in total. The fraction of sp³-hybridized carbons (Fsp3) is 0.435. The highest BCUT2D eigenvalue weighted by Gasteiger charge is 2.52. The second kappa shape index (κ2) is 8.11. The van der Waals surface area contributed by atoms with Gasteiger partial charge in [0, 0.05) is 24.9 Å². The number of methoxy groups -OCH3 is 1. The van der Waals surface area contributed by atoms with Crippen molar-refractivity contribution in [1.29, 1.82) is 15.8 Å². The van der Waals surface area contributed by atoms with Crippen LogP contribution in [-0.4, -0.2) is 38.3 Å². The molecule has 0 radical (unpaired) electrons. The molecule has 154 valence electrons. The molecule has 1 aromatic rings. The second-order valence-electron chi connectivity index (χ2n) is 7.95. The number of nitrogens with zero attached hydrogens (tertiary/aromatic N) is 4. The van der Waals surface area contributed by atoms with Crippen LogP contribution in [0.5, 0.6) is 11.5 Å². The summed E-state index contributed by atoms with van der Waals surface area (Å²) >= 11 is 0. The number of nitrogens with two attached hydrogens (primary N) is 1. The number of likely N-dealkylation sites (N-methyl/N-ethyl adjacent to an activating group) is 1. The van der Waals surface area contributed by atoms with Gasteiger partial charge in [-0.2, -0.15) is 15.8 Å². The Balaban J connectivity index is 2.26. The van der Waals surface area contributed by atoms with E-state index in [1.807, 2.05) is 45.2 Å². The molecule has 7 nitrogen and oxygen atoms in total. The maximum atomic E-state index is 9.99. The lowest BCUT2D eigenvalue weighted by atomic mass is 9.60. The zero-order chi connectivity index (χ0) is 22.1. The van der Waals surface area contributed by atoms with Crippen molar-refractivity contribution in [2.45, 2.75) is 25.9 Å². The Hall–Kier alpha value is -3.47. The average Bonchev–Trinajstić information content (AvgIpc) is 2.73. The predicted molar refractivity (Wildman–Crippen MR) is 111 cm³/mol. The maximum absolute atomic E-state index is 9.99. The Morgan fingerprint density at radius 1 is 1.20 bits per heavy atom. The van der Waals surface area contributed by atoms with Crippen LogP contribution in [0.1, 0.15) is 25.3 Å². The molecular weight excluding hydrogens is 378 g/mol. The molecule has 0 fully saturated rings. The number of nitriles is 3. The Kier molecular flexibility index (Phi) is 5.74. The lowest BCUT2D eigenvalue weighted by Crippen LogP contribution is -2.46. The summed E-state index contributed by atoms with van der Waals surface area (Å²) in [6.07, 6.45) is 1.85. The van der Waals surface area contributed by atoms with Crippen molar-refractivity contribution in [2.24, 2.45) is 17.1 Å². The van der Waals surface area contributed by atoms with Gasteiger partial charge in [0.2, 0.25) is 5.41 Å². The number of benzene rings is 1. The first kappa shape index (κ1) is 21.2. The fourth-order valence-electron chi connectivity index (χ4n) is 4.39. The van der Waals surface area contributed by atoms with Gasteiger partial charge in [-0.25, -0.2) is 0 Å². The van der Waals surface area contributed by atoms with E-state index in [9.17, 15) is 15.8 Å². The zero-order valence-electron chi connectivity index (χ0n) is 17.6. The van der Waals surface area contributed by atoms with Crippen LogP contribution >= 0.6 is 0 Å². The van der Waals surface area contributed by atoms with Gasteiger partial charge in [-0.3, -0.25) is 0 Å². The van der Waals surface area contributed by atoms with Crippen LogP contribution in [-0.2, 0) is 0 Å². The van der Waals surface area contributed by atoms with Crippen molar-refractivity contribution >= 4 is 0 Å². The highest BCUT2D eigenvalue weighted by molar-refractivity contribution is 5.59. The Morgan fingerprint density at radius 2 is 1.90 bits per heavy atom. The van der Waals surface area contributed by atoms with Gasteiger partial charge in [-0.15, -0.1) is 0 Å². The van der Waals surface area contributed by atoms with E-state index in [1.165, 1.54) is 0 Å². The van der Waals surface area contributed by atoms with E-state index in [1.54, 1.807) is 7.11 Å². The van der Waals surface area contributed by atoms with Crippen LogP contribution in [0.2, 0.25) is 0 Å². The third-order valence-corrected chi connectivity index (χ3v) is 5.74. The first-order valence-corrected chi connectivity index (χ1v) is 9.79. The minimum absolute atomic E-state index is 0.0224. The summed E-state index contributed by atoms with van der Waals surface area (Å²) in [4.78, 5) is 2.10. The van der Waals surface area contributed by atoms with Crippen molar-refractivity contribution in [3.8, 4) is 29.7 Å². The van der Waals surface area contributed by atoms with E-state index in [0.29, 0.717) is 30.2 Å². The number of hydrogen-bond donors (Lipinski definition) is 1. The molecule has 0 saturated carbocycles. The fourth-order valence-corrected chi connectivity index (χ4v) is 4.39. The van der Waals surface area contributed by atoms with Crippen molar-refractivity contribution in [2.75, 3.05) is 27.2 Å². The normalized spacial score (nSPS) is 22.9. The van der Waals surface area contributed by atoms with Crippen molar-refractivity contribution in [1.82, 2.24) is 4.90 Å². The molecule has 0 saturated heterocycles. The van der Waals surface area contributed by atoms with Gasteiger partial charge in [-0.1, -0.05) is 12.1 Å². The van der Waals surface area contributed by atoms with Gasteiger partial charge >= 0.3 is 0 Å². The molecule has 30 heavy (non-hydrogen) atoms. The molecular formula is C23H25N5O2. The Bertz CT molecular complexity index is 1020. The summed E-state index contributed by atoms with van der Waals surface area (Å²) in [7, 11) is 3.55. The molecule has 2 aliphatic rings. The monoisotopic (exact) mass is 403 g/mol. The van der Waals surface area contributed by atoms with Crippen LogP contribution in [0.25, 0.3) is 0 Å². The van der Waals surface area contributed by atoms with Crippen LogP contribution in [0.15, 0.2) is 41.1 Å². The molecule has 7 heteroatoms. The van der Waals surface area contributed by atoms with E-state index < -0.39 is 5.41 Å². The lowest BCUT2D eigenvalue weighted by molar-refractivity contribution is 0.229. The first-order valence-electron chi connectivity index (χ1n) is 9.79. The minimum Gasteiger partial charge on any atom is -0.493 e. The van der Waals surface area contributed by atoms with Crippen molar-refractivity contribution in [3.05, 3.63) is 46.7 Å². The zero-order valence-corrected chi connectivity index (χ0v) is 17.6. The summed E-state index contributed by atoms with van der Waals surface area (Å²) in [5.74, 6) is 0.552. The SMILES string of the molecule is COc1ccc([C@@H]2C(C#N)=C(N)C(C#N)(C#N)C3=CCN(C)C[C@@H]32)cc1OC(C)C. The highest BCUT2D eigenvalue weighted by Crippen LogP contribution is 2.53. The highest BCUT2D eigenvalue weighted by atomic mass is 16.5. The van der Waals surface area contributed by atoms with Crippen LogP contribution in [0.4, 0.5) is 0 Å². The number of allylic oxidation sites excluding steroid dienone is 2. The molecule has 0 unspecified atom stereocenters. The lowest BCUT2D eigenvalue weighted by Gasteiger charge is -2.44. The van der Waals surface area contributed by atoms with E-state index in [0.717, 1.165) is 5.56 Å². The first-order chi connectivity index (χ1) is 14.3. The molecule has 1 aliphatic carbocycles. The Morgan fingerprint density at radius 3 is 2.47 bits per heavy atom. The molecule has 0 amide bonds. The third kappa shape index (κ3) is 3.26. The summed E-state index contributed by atoms with van der Waals surface area (Å²) in [6.45, 7) is 5.07. The molecule has 1 aromatic carbocycles. The van der Waals surface area contributed by atoms with E-state index >= 15 is 0 Å². The Labute approximate surface area is 177 Å².